The molecule has 0 radical (unpaired) electrons. The highest BCUT2D eigenvalue weighted by Gasteiger charge is 2.30. The second-order valence-corrected chi connectivity index (χ2v) is 10.6. The Hall–Kier alpha value is -3.81. The van der Waals surface area contributed by atoms with E-state index in [4.69, 9.17) is 10.0 Å². The third-order valence-electron chi connectivity index (χ3n) is 6.24. The first kappa shape index (κ1) is 25.3. The van der Waals surface area contributed by atoms with Gasteiger partial charge < -0.3 is 9.88 Å². The van der Waals surface area contributed by atoms with Crippen LogP contribution >= 0.6 is 0 Å². The summed E-state index contributed by atoms with van der Waals surface area (Å²) in [6, 6.07) is 11.3. The number of hydrogen-bond acceptors (Lipinski definition) is 4. The van der Waals surface area contributed by atoms with Crippen LogP contribution < -0.4 is 10.0 Å². The summed E-state index contributed by atoms with van der Waals surface area (Å²) in [5.41, 5.74) is 1.57. The Balaban J connectivity index is 1.57. The van der Waals surface area contributed by atoms with Crippen molar-refractivity contribution in [2.24, 2.45) is 13.0 Å². The van der Waals surface area contributed by atoms with Gasteiger partial charge in [-0.3, -0.25) is 4.79 Å². The first-order valence-electron chi connectivity index (χ1n) is 11.3. The zero-order valence-electron chi connectivity index (χ0n) is 19.7. The average Bonchev–Trinajstić information content (AvgIpc) is 3.13. The second kappa shape index (κ2) is 10.0. The lowest BCUT2D eigenvalue weighted by Gasteiger charge is -2.22. The standard InChI is InChI=1S/C26H25F2N5O2S/c1-16(3-4-17-5-7-19(27)8-6-17)23-12-10-21-24(36(30,35)32-23)15-33(2)25(21)26(34)31-20-9-11-22(28)18(13-20)14-29/h5-13,15-16,23H,3-4H2,1-2H3,(H,31,34)(H2,30,32,35)/t16-,23+,36?/m0/s1. The maximum absolute atomic E-state index is 13.6. The van der Waals surface area contributed by atoms with E-state index in [1.807, 2.05) is 6.92 Å². The van der Waals surface area contributed by atoms with Gasteiger partial charge in [-0.2, -0.15) is 5.26 Å². The highest BCUT2D eigenvalue weighted by molar-refractivity contribution is 7.90. The van der Waals surface area contributed by atoms with E-state index in [1.54, 1.807) is 37.4 Å². The van der Waals surface area contributed by atoms with E-state index in [9.17, 15) is 17.8 Å². The van der Waals surface area contributed by atoms with E-state index in [0.717, 1.165) is 11.6 Å². The van der Waals surface area contributed by atoms with Crippen LogP contribution in [-0.4, -0.2) is 20.7 Å². The van der Waals surface area contributed by atoms with Crippen molar-refractivity contribution in [3.8, 4) is 6.07 Å². The minimum absolute atomic E-state index is 0.00358. The molecule has 3 aromatic rings. The van der Waals surface area contributed by atoms with Crippen LogP contribution in [0.1, 0.15) is 40.5 Å². The molecule has 10 heteroatoms. The number of amides is 1. The predicted octanol–water partition coefficient (Wildman–Crippen LogP) is 5.00. The van der Waals surface area contributed by atoms with Crippen molar-refractivity contribution in [3.05, 3.63) is 88.8 Å². The quantitative estimate of drug-likeness (QED) is 0.435. The minimum Gasteiger partial charge on any atom is -0.345 e. The topological polar surface area (TPSA) is 111 Å². The minimum atomic E-state index is -3.44. The number of anilines is 1. The van der Waals surface area contributed by atoms with Crippen molar-refractivity contribution in [2.75, 3.05) is 5.32 Å². The lowest BCUT2D eigenvalue weighted by molar-refractivity contribution is 0.101. The summed E-state index contributed by atoms with van der Waals surface area (Å²) in [6.07, 6.45) is 6.39. The van der Waals surface area contributed by atoms with Gasteiger partial charge >= 0.3 is 0 Å². The fraction of sp³-hybridized carbons (Fsp3) is 0.231. The second-order valence-electron chi connectivity index (χ2n) is 8.83. The summed E-state index contributed by atoms with van der Waals surface area (Å²) in [4.78, 5) is 13.3. The number of hydrogen-bond donors (Lipinski definition) is 3. The van der Waals surface area contributed by atoms with E-state index in [1.165, 1.54) is 35.0 Å². The van der Waals surface area contributed by atoms with Gasteiger partial charge in [0, 0.05) is 30.5 Å². The summed E-state index contributed by atoms with van der Waals surface area (Å²) >= 11 is 0. The van der Waals surface area contributed by atoms with Crippen molar-refractivity contribution < 1.29 is 17.8 Å². The maximum Gasteiger partial charge on any atom is 0.272 e. The number of nitrogens with one attached hydrogen (secondary N) is 3. The SMILES string of the molecule is C[C@@H](CCc1ccc(F)cc1)[C@H]1C=Cc2c(cn(C)c2C(=O)Nc2ccc(F)c(C#N)c2)S(=N)(=O)N1. The molecule has 1 aromatic heterocycles. The van der Waals surface area contributed by atoms with E-state index in [0.29, 0.717) is 18.4 Å². The average molecular weight is 510 g/mol. The first-order valence-corrected chi connectivity index (χ1v) is 12.8. The number of carbonyl (C=O) groups is 1. The number of nitrogens with zero attached hydrogens (tertiary/aromatic N) is 2. The fourth-order valence-electron chi connectivity index (χ4n) is 4.19. The molecule has 1 aliphatic rings. The van der Waals surface area contributed by atoms with Gasteiger partial charge in [0.2, 0.25) is 0 Å². The molecule has 7 nitrogen and oxygen atoms in total. The number of nitriles is 1. The molecule has 3 atom stereocenters. The van der Waals surface area contributed by atoms with Gasteiger partial charge in [0.25, 0.3) is 5.91 Å². The van der Waals surface area contributed by atoms with Crippen molar-refractivity contribution >= 4 is 27.6 Å². The Morgan fingerprint density at radius 3 is 2.69 bits per heavy atom. The van der Waals surface area contributed by atoms with E-state index in [-0.39, 0.29) is 39.6 Å². The molecule has 3 N–H and O–H groups in total. The largest absolute Gasteiger partial charge is 0.345 e. The van der Waals surface area contributed by atoms with E-state index < -0.39 is 21.6 Å². The van der Waals surface area contributed by atoms with Crippen LogP contribution in [0.2, 0.25) is 0 Å². The van der Waals surface area contributed by atoms with Crippen LogP contribution in [0.4, 0.5) is 14.5 Å². The maximum atomic E-state index is 13.6. The molecule has 186 valence electrons. The number of rotatable bonds is 6. The molecule has 0 aliphatic carbocycles. The highest BCUT2D eigenvalue weighted by atomic mass is 32.2. The van der Waals surface area contributed by atoms with Gasteiger partial charge in [-0.1, -0.05) is 31.2 Å². The molecule has 1 amide bonds. The zero-order chi connectivity index (χ0) is 26.0. The predicted molar refractivity (Wildman–Crippen MR) is 133 cm³/mol. The number of aromatic nitrogens is 1. The van der Waals surface area contributed by atoms with Crippen molar-refractivity contribution in [1.82, 2.24) is 9.29 Å². The summed E-state index contributed by atoms with van der Waals surface area (Å²) in [7, 11) is -1.83. The Bertz CT molecular complexity index is 1490. The number of carbonyl (C=O) groups excluding carboxylic acids is 1. The van der Waals surface area contributed by atoms with Crippen molar-refractivity contribution in [1.29, 1.82) is 10.0 Å². The van der Waals surface area contributed by atoms with Crippen LogP contribution in [0.15, 0.2) is 59.6 Å². The molecule has 2 heterocycles. The Labute approximate surface area is 208 Å². The molecule has 36 heavy (non-hydrogen) atoms. The van der Waals surface area contributed by atoms with Crippen LogP contribution in [0.3, 0.4) is 0 Å². The normalized spacial score (nSPS) is 19.7. The molecule has 0 saturated heterocycles. The molecular formula is C26H25F2N5O2S. The van der Waals surface area contributed by atoms with Gasteiger partial charge in [-0.25, -0.2) is 22.5 Å². The molecule has 0 saturated carbocycles. The lowest BCUT2D eigenvalue weighted by atomic mass is 9.94. The van der Waals surface area contributed by atoms with Crippen molar-refractivity contribution in [2.45, 2.75) is 30.7 Å². The molecular weight excluding hydrogens is 484 g/mol. The molecule has 1 aliphatic heterocycles. The van der Waals surface area contributed by atoms with E-state index >= 15 is 0 Å². The van der Waals surface area contributed by atoms with Gasteiger partial charge in [0.05, 0.1) is 10.5 Å². The molecule has 0 bridgehead atoms. The number of benzene rings is 2. The van der Waals surface area contributed by atoms with Crippen LogP contribution in [0, 0.1) is 33.7 Å². The van der Waals surface area contributed by atoms with Crippen LogP contribution in [0.5, 0.6) is 0 Å². The van der Waals surface area contributed by atoms with Gasteiger partial charge in [-0.15, -0.1) is 0 Å². The molecule has 2 aromatic carbocycles. The van der Waals surface area contributed by atoms with Crippen LogP contribution in [-0.2, 0) is 23.4 Å². The molecule has 1 unspecified atom stereocenters. The summed E-state index contributed by atoms with van der Waals surface area (Å²) in [5.74, 6) is -1.53. The van der Waals surface area contributed by atoms with Gasteiger partial charge in [-0.05, 0) is 54.7 Å². The lowest BCUT2D eigenvalue weighted by Crippen LogP contribution is -2.36. The molecule has 4 rings (SSSR count). The Kier molecular flexibility index (Phi) is 7.06. The number of aryl methyl sites for hydroxylation is 2. The molecule has 0 fully saturated rings. The van der Waals surface area contributed by atoms with Crippen LogP contribution in [0.25, 0.3) is 6.08 Å². The third kappa shape index (κ3) is 5.22. The number of halogens is 2. The van der Waals surface area contributed by atoms with E-state index in [2.05, 4.69) is 10.0 Å². The Morgan fingerprint density at radius 2 is 2.00 bits per heavy atom. The summed E-state index contributed by atoms with van der Waals surface area (Å²) < 4.78 is 53.2. The Morgan fingerprint density at radius 1 is 1.28 bits per heavy atom. The fourth-order valence-corrected chi connectivity index (χ4v) is 5.80. The smallest absolute Gasteiger partial charge is 0.272 e. The van der Waals surface area contributed by atoms with Crippen molar-refractivity contribution in [3.63, 3.8) is 0 Å². The highest BCUT2D eigenvalue weighted by Crippen LogP contribution is 2.29. The first-order chi connectivity index (χ1) is 17.1. The monoisotopic (exact) mass is 509 g/mol. The number of fused-ring (bicyclic) bond motifs is 1. The molecule has 0 spiro atoms. The zero-order valence-corrected chi connectivity index (χ0v) is 20.5. The van der Waals surface area contributed by atoms with Gasteiger partial charge in [0.15, 0.2) is 0 Å². The summed E-state index contributed by atoms with van der Waals surface area (Å²) in [6.45, 7) is 1.98. The van der Waals surface area contributed by atoms with Gasteiger partial charge in [0.1, 0.15) is 33.3 Å². The summed E-state index contributed by atoms with van der Waals surface area (Å²) in [5, 5.41) is 11.7. The third-order valence-corrected chi connectivity index (χ3v) is 7.79.